The van der Waals surface area contributed by atoms with Gasteiger partial charge in [0.1, 0.15) is 5.69 Å². The predicted octanol–water partition coefficient (Wildman–Crippen LogP) is 3.54. The van der Waals surface area contributed by atoms with Crippen LogP contribution >= 0.6 is 0 Å². The lowest BCUT2D eigenvalue weighted by atomic mass is 10.0. The lowest BCUT2D eigenvalue weighted by molar-refractivity contribution is 0.175. The highest BCUT2D eigenvalue weighted by Gasteiger charge is 2.25. The topological polar surface area (TPSA) is 82.3 Å². The van der Waals surface area contributed by atoms with Gasteiger partial charge in [0, 0.05) is 13.0 Å². The molecule has 0 fully saturated rings. The molecular weight excluding hydrogens is 294 g/mol. The van der Waals surface area contributed by atoms with Crippen molar-refractivity contribution in [2.24, 2.45) is 10.2 Å². The van der Waals surface area contributed by atoms with Crippen LogP contribution in [0.25, 0.3) is 0 Å². The number of aliphatic hydroxyl groups is 1. The maximum atomic E-state index is 12.3. The lowest BCUT2D eigenvalue weighted by Crippen LogP contribution is -2.38. The van der Waals surface area contributed by atoms with Crippen molar-refractivity contribution in [2.45, 2.75) is 26.4 Å². The van der Waals surface area contributed by atoms with Crippen molar-refractivity contribution >= 4 is 17.4 Å². The minimum Gasteiger partial charge on any atom is -0.387 e. The molecule has 1 heterocycles. The second-order valence-corrected chi connectivity index (χ2v) is 5.18. The average Bonchev–Trinajstić information content (AvgIpc) is 2.56. The predicted molar refractivity (Wildman–Crippen MR) is 89.7 cm³/mol. The fourth-order valence-electron chi connectivity index (χ4n) is 2.39. The Bertz CT molecular complexity index is 690. The van der Waals surface area contributed by atoms with Crippen LogP contribution in [0.4, 0.5) is 10.5 Å². The number of aliphatic imine (C=N–C) groups is 1. The molecule has 6 heteroatoms. The largest absolute Gasteiger partial charge is 0.387 e. The quantitative estimate of drug-likeness (QED) is 0.666. The molecule has 23 heavy (non-hydrogen) atoms. The highest BCUT2D eigenvalue weighted by molar-refractivity contribution is 6.08. The Morgan fingerprint density at radius 1 is 1.48 bits per heavy atom. The van der Waals surface area contributed by atoms with Crippen LogP contribution in [0.3, 0.4) is 0 Å². The molecule has 0 saturated carbocycles. The van der Waals surface area contributed by atoms with E-state index in [1.165, 1.54) is 4.90 Å². The summed E-state index contributed by atoms with van der Waals surface area (Å²) in [4.78, 5) is 28.5. The molecule has 0 aromatic heterocycles. The first kappa shape index (κ1) is 16.8. The van der Waals surface area contributed by atoms with Gasteiger partial charge >= 0.3 is 6.03 Å². The minimum absolute atomic E-state index is 0.303. The molecule has 0 radical (unpaired) electrons. The number of nitrogens with zero attached hydrogens (tertiary/aromatic N) is 3. The number of aliphatic hydroxyl groups excluding tert-OH is 1. The van der Waals surface area contributed by atoms with E-state index < -0.39 is 12.1 Å². The zero-order valence-electron chi connectivity index (χ0n) is 13.1. The van der Waals surface area contributed by atoms with Gasteiger partial charge in [-0.1, -0.05) is 24.3 Å². The number of benzene rings is 1. The number of amides is 2. The number of carbonyl (C=O) groups excluding carboxylic acids is 1. The summed E-state index contributed by atoms with van der Waals surface area (Å²) in [6, 6.07) is 6.28. The van der Waals surface area contributed by atoms with Gasteiger partial charge < -0.3 is 5.11 Å². The van der Waals surface area contributed by atoms with E-state index in [-0.39, 0.29) is 0 Å². The molecule has 1 N–H and O–H groups in total. The van der Waals surface area contributed by atoms with E-state index in [9.17, 15) is 14.8 Å². The van der Waals surface area contributed by atoms with Gasteiger partial charge in [-0.05, 0) is 42.8 Å². The van der Waals surface area contributed by atoms with E-state index in [1.807, 2.05) is 13.0 Å². The number of hydrogen-bond donors (Lipinski definition) is 1. The number of allylic oxidation sites excluding steroid dienone is 3. The van der Waals surface area contributed by atoms with Crippen LogP contribution in [0.1, 0.15) is 25.8 Å². The number of carbonyl (C=O) groups is 1. The van der Waals surface area contributed by atoms with Crippen LogP contribution in [0, 0.1) is 4.91 Å². The number of urea groups is 1. The summed E-state index contributed by atoms with van der Waals surface area (Å²) < 4.78 is 0. The van der Waals surface area contributed by atoms with E-state index in [4.69, 9.17) is 0 Å². The van der Waals surface area contributed by atoms with Gasteiger partial charge in [0.05, 0.1) is 17.5 Å². The third-order valence-electron chi connectivity index (χ3n) is 3.52. The molecule has 0 spiro atoms. The van der Waals surface area contributed by atoms with Crippen molar-refractivity contribution in [3.63, 3.8) is 0 Å². The van der Waals surface area contributed by atoms with Crippen LogP contribution in [0.5, 0.6) is 0 Å². The van der Waals surface area contributed by atoms with Crippen LogP contribution in [-0.4, -0.2) is 34.4 Å². The van der Waals surface area contributed by atoms with Crippen molar-refractivity contribution in [3.8, 4) is 0 Å². The second-order valence-electron chi connectivity index (χ2n) is 5.18. The monoisotopic (exact) mass is 313 g/mol. The van der Waals surface area contributed by atoms with Crippen LogP contribution in [0.15, 0.2) is 58.4 Å². The fraction of sp³-hybridized carbons (Fsp3) is 0.294. The Hall–Kier alpha value is -2.60. The summed E-state index contributed by atoms with van der Waals surface area (Å²) in [5.74, 6) is 0. The Morgan fingerprint density at radius 3 is 2.87 bits per heavy atom. The smallest absolute Gasteiger partial charge is 0.348 e. The van der Waals surface area contributed by atoms with Gasteiger partial charge in [0.25, 0.3) is 0 Å². The van der Waals surface area contributed by atoms with Gasteiger partial charge in [0.15, 0.2) is 0 Å². The van der Waals surface area contributed by atoms with Gasteiger partial charge in [-0.2, -0.15) is 4.99 Å². The van der Waals surface area contributed by atoms with Crippen LogP contribution in [0.2, 0.25) is 0 Å². The molecule has 0 bridgehead atoms. The molecular formula is C17H19N3O3. The molecule has 1 atom stereocenters. The number of hydrogen-bond acceptors (Lipinski definition) is 4. The highest BCUT2D eigenvalue weighted by Crippen LogP contribution is 2.21. The summed E-state index contributed by atoms with van der Waals surface area (Å²) in [6.07, 6.45) is 5.07. The molecule has 0 saturated heterocycles. The summed E-state index contributed by atoms with van der Waals surface area (Å²) in [5.41, 5.74) is 2.15. The van der Waals surface area contributed by atoms with Crippen molar-refractivity contribution in [2.75, 3.05) is 6.54 Å². The van der Waals surface area contributed by atoms with Gasteiger partial charge in [-0.15, -0.1) is 4.91 Å². The Kier molecular flexibility index (Phi) is 5.54. The molecule has 1 aromatic carbocycles. The molecule has 6 nitrogen and oxygen atoms in total. The summed E-state index contributed by atoms with van der Waals surface area (Å²) >= 11 is 0. The molecule has 1 unspecified atom stereocenters. The standard InChI is InChI=1S/C17H19N3O3/c1-3-4-8-16(12(2)21)20-10-9-15(18-17(20)22)13-6-5-7-14(11-13)19-23/h3-8,11-12,21H,9-10H2,1-2H3. The Labute approximate surface area is 134 Å². The van der Waals surface area contributed by atoms with Crippen LogP contribution in [-0.2, 0) is 0 Å². The summed E-state index contributed by atoms with van der Waals surface area (Å²) in [5, 5.41) is 12.8. The molecule has 1 aliphatic rings. The van der Waals surface area contributed by atoms with Crippen LogP contribution < -0.4 is 0 Å². The Morgan fingerprint density at radius 2 is 2.26 bits per heavy atom. The fourth-order valence-corrected chi connectivity index (χ4v) is 2.39. The lowest BCUT2D eigenvalue weighted by Gasteiger charge is -2.29. The second kappa shape index (κ2) is 7.60. The molecule has 2 rings (SSSR count). The summed E-state index contributed by atoms with van der Waals surface area (Å²) in [7, 11) is 0. The van der Waals surface area contributed by atoms with E-state index in [1.54, 1.807) is 43.3 Å². The van der Waals surface area contributed by atoms with E-state index in [0.29, 0.717) is 35.6 Å². The van der Waals surface area contributed by atoms with Gasteiger partial charge in [-0.3, -0.25) is 4.90 Å². The SMILES string of the molecule is CC=CC=C(C(C)O)N1CCC(c2cccc(N=O)c2)=NC1=O. The van der Waals surface area contributed by atoms with E-state index >= 15 is 0 Å². The maximum Gasteiger partial charge on any atom is 0.348 e. The van der Waals surface area contributed by atoms with E-state index in [2.05, 4.69) is 10.2 Å². The van der Waals surface area contributed by atoms with Crippen molar-refractivity contribution in [1.82, 2.24) is 4.90 Å². The van der Waals surface area contributed by atoms with Crippen molar-refractivity contribution in [3.05, 3.63) is 58.7 Å². The molecule has 120 valence electrons. The zero-order chi connectivity index (χ0) is 16.8. The maximum absolute atomic E-state index is 12.3. The van der Waals surface area contributed by atoms with Gasteiger partial charge in [0.2, 0.25) is 0 Å². The minimum atomic E-state index is -0.769. The van der Waals surface area contributed by atoms with Crippen molar-refractivity contribution < 1.29 is 9.90 Å². The third-order valence-corrected chi connectivity index (χ3v) is 3.52. The zero-order valence-corrected chi connectivity index (χ0v) is 13.1. The Balaban J connectivity index is 2.28. The van der Waals surface area contributed by atoms with E-state index in [0.717, 1.165) is 0 Å². The first-order valence-corrected chi connectivity index (χ1v) is 7.40. The van der Waals surface area contributed by atoms with Crippen molar-refractivity contribution in [1.29, 1.82) is 0 Å². The number of rotatable bonds is 5. The molecule has 0 aliphatic carbocycles. The summed E-state index contributed by atoms with van der Waals surface area (Å²) in [6.45, 7) is 3.89. The first-order valence-electron chi connectivity index (χ1n) is 7.40. The first-order chi connectivity index (χ1) is 11.1. The molecule has 2 amide bonds. The molecule has 1 aliphatic heterocycles. The number of nitroso groups, excluding NO2 is 1. The molecule has 1 aromatic rings. The highest BCUT2D eigenvalue weighted by atomic mass is 16.3. The normalized spacial score (nSPS) is 17.3. The van der Waals surface area contributed by atoms with Gasteiger partial charge in [-0.25, -0.2) is 4.79 Å². The average molecular weight is 313 g/mol. The third kappa shape index (κ3) is 3.98.